The molecule has 1 amide bonds. The van der Waals surface area contributed by atoms with Gasteiger partial charge in [0.25, 0.3) is 5.91 Å². The maximum Gasteiger partial charge on any atom is 0.255 e. The van der Waals surface area contributed by atoms with Crippen LogP contribution in [0, 0.1) is 19.8 Å². The molecule has 3 heterocycles. The van der Waals surface area contributed by atoms with Crippen molar-refractivity contribution in [3.63, 3.8) is 0 Å². The fourth-order valence-electron chi connectivity index (χ4n) is 3.93. The molecule has 0 bridgehead atoms. The number of rotatable bonds is 6. The molecule has 0 aromatic carbocycles. The van der Waals surface area contributed by atoms with Gasteiger partial charge in [0.1, 0.15) is 0 Å². The molecule has 1 N–H and O–H groups in total. The van der Waals surface area contributed by atoms with Gasteiger partial charge in [-0.1, -0.05) is 0 Å². The van der Waals surface area contributed by atoms with E-state index in [-0.39, 0.29) is 24.3 Å². The van der Waals surface area contributed by atoms with Gasteiger partial charge in [-0.15, -0.1) is 0 Å². The number of carbonyl (C=O) groups excluding carboxylic acids is 1. The summed E-state index contributed by atoms with van der Waals surface area (Å²) in [6.07, 6.45) is 3.52. The number of amides is 1. The van der Waals surface area contributed by atoms with Crippen molar-refractivity contribution < 1.29 is 14.6 Å². The molecule has 0 spiro atoms. The van der Waals surface area contributed by atoms with Gasteiger partial charge in [0.05, 0.1) is 12.2 Å². The summed E-state index contributed by atoms with van der Waals surface area (Å²) in [5.74, 6) is 0.235. The zero-order valence-corrected chi connectivity index (χ0v) is 15.7. The Bertz CT molecular complexity index is 757. The largest absolute Gasteiger partial charge is 0.396 e. The summed E-state index contributed by atoms with van der Waals surface area (Å²) in [6, 6.07) is 5.90. The highest BCUT2D eigenvalue weighted by Crippen LogP contribution is 2.33. The highest BCUT2D eigenvalue weighted by molar-refractivity contribution is 5.96. The van der Waals surface area contributed by atoms with E-state index in [1.165, 1.54) is 0 Å². The summed E-state index contributed by atoms with van der Waals surface area (Å²) in [5, 5.41) is 9.80. The lowest BCUT2D eigenvalue weighted by atomic mass is 9.90. The van der Waals surface area contributed by atoms with Gasteiger partial charge in [0.2, 0.25) is 0 Å². The van der Waals surface area contributed by atoms with E-state index in [0.29, 0.717) is 19.7 Å². The molecule has 1 saturated heterocycles. The third-order valence-corrected chi connectivity index (χ3v) is 5.42. The standard InChI is InChI=1S/C20H27N3O3/c1-14-10-18(15(2)23(14)8-9-26-3)20(25)22-11-17(13-24)19(12-22)16-4-6-21-7-5-16/h4-7,10,17,19,24H,8-9,11-13H2,1-3H3/t17-,19-/m0/s1. The smallest absolute Gasteiger partial charge is 0.255 e. The van der Waals surface area contributed by atoms with Crippen molar-refractivity contribution in [1.82, 2.24) is 14.5 Å². The molecule has 1 aliphatic rings. The maximum absolute atomic E-state index is 13.1. The number of likely N-dealkylation sites (tertiary alicyclic amines) is 1. The van der Waals surface area contributed by atoms with Gasteiger partial charge in [0, 0.05) is 69.0 Å². The first-order valence-electron chi connectivity index (χ1n) is 9.02. The highest BCUT2D eigenvalue weighted by Gasteiger charge is 2.36. The maximum atomic E-state index is 13.1. The van der Waals surface area contributed by atoms with Gasteiger partial charge in [-0.2, -0.15) is 0 Å². The van der Waals surface area contributed by atoms with Crippen LogP contribution in [0.2, 0.25) is 0 Å². The molecular weight excluding hydrogens is 330 g/mol. The predicted molar refractivity (Wildman–Crippen MR) is 99.2 cm³/mol. The number of aliphatic hydroxyl groups is 1. The van der Waals surface area contributed by atoms with Crippen molar-refractivity contribution in [3.8, 4) is 0 Å². The monoisotopic (exact) mass is 357 g/mol. The van der Waals surface area contributed by atoms with Crippen molar-refractivity contribution in [2.45, 2.75) is 26.3 Å². The lowest BCUT2D eigenvalue weighted by Crippen LogP contribution is -2.29. The second kappa shape index (κ2) is 8.01. The molecule has 0 radical (unpaired) electrons. The van der Waals surface area contributed by atoms with Crippen molar-refractivity contribution in [3.05, 3.63) is 53.1 Å². The molecule has 0 unspecified atom stereocenters. The first-order chi connectivity index (χ1) is 12.6. The Morgan fingerprint density at radius 2 is 2.04 bits per heavy atom. The SMILES string of the molecule is COCCn1c(C)cc(C(=O)N2C[C@@H](CO)[C@H](c3ccncc3)C2)c1C. The summed E-state index contributed by atoms with van der Waals surface area (Å²) in [7, 11) is 1.68. The first kappa shape index (κ1) is 18.6. The second-order valence-electron chi connectivity index (χ2n) is 6.97. The molecule has 0 aliphatic carbocycles. The molecular formula is C20H27N3O3. The van der Waals surface area contributed by atoms with Crippen LogP contribution in [0.15, 0.2) is 30.6 Å². The average molecular weight is 357 g/mol. The number of pyridine rings is 1. The van der Waals surface area contributed by atoms with E-state index in [0.717, 1.165) is 29.1 Å². The second-order valence-corrected chi connectivity index (χ2v) is 6.97. The van der Waals surface area contributed by atoms with Crippen LogP contribution in [0.1, 0.15) is 33.2 Å². The van der Waals surface area contributed by atoms with E-state index in [9.17, 15) is 9.90 Å². The van der Waals surface area contributed by atoms with Crippen LogP contribution in [-0.4, -0.2) is 58.9 Å². The van der Waals surface area contributed by atoms with Crippen LogP contribution in [0.3, 0.4) is 0 Å². The zero-order chi connectivity index (χ0) is 18.7. The van der Waals surface area contributed by atoms with Crippen molar-refractivity contribution >= 4 is 5.91 Å². The molecule has 0 saturated carbocycles. The molecule has 3 rings (SSSR count). The van der Waals surface area contributed by atoms with Crippen molar-refractivity contribution in [2.24, 2.45) is 5.92 Å². The number of methoxy groups -OCH3 is 1. The van der Waals surface area contributed by atoms with Gasteiger partial charge in [0.15, 0.2) is 0 Å². The lowest BCUT2D eigenvalue weighted by molar-refractivity contribution is 0.0780. The minimum absolute atomic E-state index is 0.0387. The number of hydrogen-bond donors (Lipinski definition) is 1. The molecule has 2 atom stereocenters. The molecule has 26 heavy (non-hydrogen) atoms. The summed E-state index contributed by atoms with van der Waals surface area (Å²) in [6.45, 7) is 6.61. The molecule has 6 nitrogen and oxygen atoms in total. The lowest BCUT2D eigenvalue weighted by Gasteiger charge is -2.17. The van der Waals surface area contributed by atoms with Crippen LogP contribution in [0.5, 0.6) is 0 Å². The van der Waals surface area contributed by atoms with E-state index in [1.807, 2.05) is 36.9 Å². The van der Waals surface area contributed by atoms with Gasteiger partial charge in [-0.05, 0) is 37.6 Å². The van der Waals surface area contributed by atoms with Crippen LogP contribution in [0.25, 0.3) is 0 Å². The third kappa shape index (κ3) is 3.52. The minimum Gasteiger partial charge on any atom is -0.396 e. The number of hydrogen-bond acceptors (Lipinski definition) is 4. The fourth-order valence-corrected chi connectivity index (χ4v) is 3.93. The Hall–Kier alpha value is -2.18. The molecule has 2 aromatic heterocycles. The Labute approximate surface area is 154 Å². The van der Waals surface area contributed by atoms with Gasteiger partial charge < -0.3 is 19.3 Å². The van der Waals surface area contributed by atoms with E-state index in [4.69, 9.17) is 4.74 Å². The predicted octanol–water partition coefficient (Wildman–Crippen LogP) is 1.99. The topological polar surface area (TPSA) is 67.6 Å². The zero-order valence-electron chi connectivity index (χ0n) is 15.7. The van der Waals surface area contributed by atoms with Crippen molar-refractivity contribution in [2.75, 3.05) is 33.4 Å². The molecule has 1 aliphatic heterocycles. The van der Waals surface area contributed by atoms with E-state index in [2.05, 4.69) is 9.55 Å². The normalized spacial score (nSPS) is 19.9. The van der Waals surface area contributed by atoms with E-state index < -0.39 is 0 Å². The first-order valence-corrected chi connectivity index (χ1v) is 9.02. The molecule has 6 heteroatoms. The third-order valence-electron chi connectivity index (χ3n) is 5.42. The summed E-state index contributed by atoms with van der Waals surface area (Å²) in [4.78, 5) is 19.1. The quantitative estimate of drug-likeness (QED) is 0.859. The number of ether oxygens (including phenoxy) is 1. The number of nitrogens with zero attached hydrogens (tertiary/aromatic N) is 3. The number of aliphatic hydroxyl groups excluding tert-OH is 1. The fraction of sp³-hybridized carbons (Fsp3) is 0.500. The summed E-state index contributed by atoms with van der Waals surface area (Å²) < 4.78 is 7.29. The van der Waals surface area contributed by atoms with Crippen LogP contribution < -0.4 is 0 Å². The average Bonchev–Trinajstić information content (AvgIpc) is 3.22. The van der Waals surface area contributed by atoms with Gasteiger partial charge in [-0.25, -0.2) is 0 Å². The summed E-state index contributed by atoms with van der Waals surface area (Å²) in [5.41, 5.74) is 3.90. The summed E-state index contributed by atoms with van der Waals surface area (Å²) >= 11 is 0. The Morgan fingerprint density at radius 1 is 1.31 bits per heavy atom. The number of aromatic nitrogens is 2. The number of aryl methyl sites for hydroxylation is 1. The van der Waals surface area contributed by atoms with Gasteiger partial charge in [-0.3, -0.25) is 9.78 Å². The van der Waals surface area contributed by atoms with E-state index in [1.54, 1.807) is 19.5 Å². The Kier molecular flexibility index (Phi) is 5.74. The minimum atomic E-state index is 0.0387. The van der Waals surface area contributed by atoms with Gasteiger partial charge >= 0.3 is 0 Å². The van der Waals surface area contributed by atoms with E-state index >= 15 is 0 Å². The van der Waals surface area contributed by atoms with Crippen molar-refractivity contribution in [1.29, 1.82) is 0 Å². The Balaban J connectivity index is 1.81. The molecule has 1 fully saturated rings. The van der Waals surface area contributed by atoms with Crippen LogP contribution in [0.4, 0.5) is 0 Å². The molecule has 2 aromatic rings. The highest BCUT2D eigenvalue weighted by atomic mass is 16.5. The Morgan fingerprint density at radius 3 is 2.69 bits per heavy atom. The van der Waals surface area contributed by atoms with Crippen LogP contribution in [-0.2, 0) is 11.3 Å². The molecule has 140 valence electrons. The van der Waals surface area contributed by atoms with Crippen LogP contribution >= 0.6 is 0 Å². The number of carbonyl (C=O) groups is 1.